The van der Waals surface area contributed by atoms with E-state index in [9.17, 15) is 8.78 Å². The number of nitrogens with two attached hydrogens (primary N) is 1. The predicted molar refractivity (Wildman–Crippen MR) is 70.8 cm³/mol. The van der Waals surface area contributed by atoms with E-state index in [-0.39, 0.29) is 6.04 Å². The molecular formula is C15H21F2NO. The molecule has 106 valence electrons. The quantitative estimate of drug-likeness (QED) is 0.861. The molecule has 1 unspecified atom stereocenters. The molecule has 2 N–H and O–H groups in total. The predicted octanol–water partition coefficient (Wildman–Crippen LogP) is 3.04. The lowest BCUT2D eigenvalue weighted by Crippen LogP contribution is -2.36. The van der Waals surface area contributed by atoms with Gasteiger partial charge in [-0.3, -0.25) is 0 Å². The Hall–Kier alpha value is -1.00. The molecule has 19 heavy (non-hydrogen) atoms. The first-order valence-corrected chi connectivity index (χ1v) is 6.89. The molecule has 1 aliphatic rings. The summed E-state index contributed by atoms with van der Waals surface area (Å²) in [4.78, 5) is 0. The Labute approximate surface area is 112 Å². The summed E-state index contributed by atoms with van der Waals surface area (Å²) in [6, 6.07) is 3.59. The monoisotopic (exact) mass is 269 g/mol. The smallest absolute Gasteiger partial charge is 0.129 e. The molecule has 2 nitrogen and oxygen atoms in total. The van der Waals surface area contributed by atoms with Crippen LogP contribution < -0.4 is 5.73 Å². The topological polar surface area (TPSA) is 35.2 Å². The Morgan fingerprint density at radius 1 is 1.37 bits per heavy atom. The molecule has 1 saturated carbocycles. The van der Waals surface area contributed by atoms with Gasteiger partial charge in [-0.25, -0.2) is 8.78 Å². The Morgan fingerprint density at radius 3 is 2.74 bits per heavy atom. The third-order valence-electron chi connectivity index (χ3n) is 3.73. The molecule has 0 radical (unpaired) electrons. The molecule has 0 saturated heterocycles. The van der Waals surface area contributed by atoms with Crippen LogP contribution in [0.3, 0.4) is 0 Å². The highest BCUT2D eigenvalue weighted by molar-refractivity contribution is 5.19. The maximum absolute atomic E-state index is 13.5. The van der Waals surface area contributed by atoms with Crippen molar-refractivity contribution in [1.82, 2.24) is 0 Å². The minimum Gasteiger partial charge on any atom is -0.378 e. The summed E-state index contributed by atoms with van der Waals surface area (Å²) in [6.07, 6.45) is 3.81. The number of hydrogen-bond donors (Lipinski definition) is 1. The fourth-order valence-electron chi connectivity index (χ4n) is 2.72. The van der Waals surface area contributed by atoms with Crippen molar-refractivity contribution in [2.45, 2.75) is 44.8 Å². The van der Waals surface area contributed by atoms with E-state index >= 15 is 0 Å². The third kappa shape index (κ3) is 3.98. The zero-order valence-electron chi connectivity index (χ0n) is 11.2. The van der Waals surface area contributed by atoms with Gasteiger partial charge in [0.05, 0.1) is 6.10 Å². The molecule has 0 bridgehead atoms. The third-order valence-corrected chi connectivity index (χ3v) is 3.73. The molecule has 0 aromatic heterocycles. The van der Waals surface area contributed by atoms with E-state index in [4.69, 9.17) is 10.5 Å². The summed E-state index contributed by atoms with van der Waals surface area (Å²) in [5.41, 5.74) is 6.54. The first-order valence-electron chi connectivity index (χ1n) is 6.89. The van der Waals surface area contributed by atoms with Gasteiger partial charge in [-0.15, -0.1) is 0 Å². The second-order valence-corrected chi connectivity index (χ2v) is 5.35. The second-order valence-electron chi connectivity index (χ2n) is 5.35. The Bertz CT molecular complexity index is 419. The van der Waals surface area contributed by atoms with Gasteiger partial charge in [0.2, 0.25) is 0 Å². The van der Waals surface area contributed by atoms with E-state index in [2.05, 4.69) is 0 Å². The Morgan fingerprint density at radius 2 is 2.11 bits per heavy atom. The minimum absolute atomic E-state index is 0.0764. The fourth-order valence-corrected chi connectivity index (χ4v) is 2.72. The molecule has 2 rings (SSSR count). The van der Waals surface area contributed by atoms with E-state index in [1.165, 1.54) is 12.1 Å². The van der Waals surface area contributed by atoms with Crippen molar-refractivity contribution in [1.29, 1.82) is 0 Å². The molecule has 1 aromatic carbocycles. The van der Waals surface area contributed by atoms with Crippen LogP contribution >= 0.6 is 0 Å². The molecule has 0 heterocycles. The molecule has 1 fully saturated rings. The highest BCUT2D eigenvalue weighted by Gasteiger charge is 2.30. The van der Waals surface area contributed by atoms with Crippen molar-refractivity contribution in [2.24, 2.45) is 11.7 Å². The van der Waals surface area contributed by atoms with Gasteiger partial charge < -0.3 is 10.5 Å². The second kappa shape index (κ2) is 6.44. The summed E-state index contributed by atoms with van der Waals surface area (Å²) in [6.45, 7) is 2.75. The Balaban J connectivity index is 1.77. The van der Waals surface area contributed by atoms with Crippen LogP contribution in [0.4, 0.5) is 8.78 Å². The maximum atomic E-state index is 13.5. The van der Waals surface area contributed by atoms with Gasteiger partial charge in [0.15, 0.2) is 0 Å². The van der Waals surface area contributed by atoms with Crippen LogP contribution in [0, 0.1) is 17.6 Å². The van der Waals surface area contributed by atoms with Crippen LogP contribution in [0.2, 0.25) is 0 Å². The number of hydrogen-bond acceptors (Lipinski definition) is 2. The summed E-state index contributed by atoms with van der Waals surface area (Å²) in [5.74, 6) is -0.473. The maximum Gasteiger partial charge on any atom is 0.129 e. The average Bonchev–Trinajstić information content (AvgIpc) is 2.30. The SMILES string of the molecule is CCOC1CC(CC(N)Cc2ccc(F)cc2F)C1. The van der Waals surface area contributed by atoms with Crippen molar-refractivity contribution >= 4 is 0 Å². The van der Waals surface area contributed by atoms with Gasteiger partial charge in [-0.1, -0.05) is 6.07 Å². The summed E-state index contributed by atoms with van der Waals surface area (Å²) >= 11 is 0. The van der Waals surface area contributed by atoms with Crippen molar-refractivity contribution in [2.75, 3.05) is 6.61 Å². The molecule has 1 aromatic rings. The van der Waals surface area contributed by atoms with Crippen LogP contribution in [0.15, 0.2) is 18.2 Å². The molecule has 0 aliphatic heterocycles. The molecule has 0 amide bonds. The molecule has 1 aliphatic carbocycles. The van der Waals surface area contributed by atoms with Crippen LogP contribution in [0.25, 0.3) is 0 Å². The van der Waals surface area contributed by atoms with Crippen molar-refractivity contribution in [3.05, 3.63) is 35.4 Å². The number of benzene rings is 1. The largest absolute Gasteiger partial charge is 0.378 e. The molecule has 1 atom stereocenters. The van der Waals surface area contributed by atoms with E-state index < -0.39 is 11.6 Å². The zero-order valence-corrected chi connectivity index (χ0v) is 11.2. The van der Waals surface area contributed by atoms with Gasteiger partial charge in [-0.2, -0.15) is 0 Å². The minimum atomic E-state index is -0.548. The van der Waals surface area contributed by atoms with E-state index in [0.717, 1.165) is 31.9 Å². The van der Waals surface area contributed by atoms with Crippen LogP contribution in [0.1, 0.15) is 31.7 Å². The van der Waals surface area contributed by atoms with Crippen LogP contribution in [0.5, 0.6) is 0 Å². The Kier molecular flexibility index (Phi) is 4.88. The van der Waals surface area contributed by atoms with Crippen molar-refractivity contribution in [3.8, 4) is 0 Å². The van der Waals surface area contributed by atoms with Gasteiger partial charge in [-0.05, 0) is 50.2 Å². The summed E-state index contributed by atoms with van der Waals surface area (Å²) in [5, 5.41) is 0. The van der Waals surface area contributed by atoms with E-state index in [1.54, 1.807) is 0 Å². The van der Waals surface area contributed by atoms with Crippen LogP contribution in [-0.2, 0) is 11.2 Å². The molecule has 0 spiro atoms. The fraction of sp³-hybridized carbons (Fsp3) is 0.600. The highest BCUT2D eigenvalue weighted by atomic mass is 19.1. The summed E-state index contributed by atoms with van der Waals surface area (Å²) in [7, 11) is 0. The van der Waals surface area contributed by atoms with E-state index in [1.807, 2.05) is 6.92 Å². The lowest BCUT2D eigenvalue weighted by Gasteiger charge is -2.36. The van der Waals surface area contributed by atoms with Gasteiger partial charge >= 0.3 is 0 Å². The lowest BCUT2D eigenvalue weighted by molar-refractivity contribution is -0.0281. The normalized spacial score (nSPS) is 24.0. The highest BCUT2D eigenvalue weighted by Crippen LogP contribution is 2.33. The van der Waals surface area contributed by atoms with E-state index in [0.29, 0.717) is 24.0 Å². The van der Waals surface area contributed by atoms with Gasteiger partial charge in [0.25, 0.3) is 0 Å². The van der Waals surface area contributed by atoms with Crippen LogP contribution in [-0.4, -0.2) is 18.8 Å². The van der Waals surface area contributed by atoms with Gasteiger partial charge in [0.1, 0.15) is 11.6 Å². The lowest BCUT2D eigenvalue weighted by atomic mass is 9.77. The standard InChI is InChI=1S/C15H21F2NO/c1-2-19-14-6-10(7-14)5-13(18)8-11-3-4-12(16)9-15(11)17/h3-4,9-10,13-14H,2,5-8,18H2,1H3. The first-order chi connectivity index (χ1) is 9.08. The molecular weight excluding hydrogens is 248 g/mol. The number of ether oxygens (including phenoxy) is 1. The number of rotatable bonds is 6. The van der Waals surface area contributed by atoms with Gasteiger partial charge in [0, 0.05) is 18.7 Å². The zero-order chi connectivity index (χ0) is 13.8. The van der Waals surface area contributed by atoms with Crippen molar-refractivity contribution in [3.63, 3.8) is 0 Å². The average molecular weight is 269 g/mol. The first kappa shape index (κ1) is 14.4. The number of halogens is 2. The summed E-state index contributed by atoms with van der Waals surface area (Å²) < 4.78 is 31.8. The molecule has 4 heteroatoms. The van der Waals surface area contributed by atoms with Crippen molar-refractivity contribution < 1.29 is 13.5 Å².